The maximum absolute atomic E-state index is 5.52. The molecular weight excluding hydrogens is 212 g/mol. The van der Waals surface area contributed by atoms with E-state index in [-0.39, 0.29) is 0 Å². The van der Waals surface area contributed by atoms with Gasteiger partial charge in [-0.15, -0.1) is 0 Å². The summed E-state index contributed by atoms with van der Waals surface area (Å²) in [4.78, 5) is 8.76. The first-order valence-corrected chi connectivity index (χ1v) is 5.83. The van der Waals surface area contributed by atoms with E-state index in [0.29, 0.717) is 5.95 Å². The Morgan fingerprint density at radius 1 is 1.27 bits per heavy atom. The average molecular weight is 228 g/mol. The predicted molar refractivity (Wildman–Crippen MR) is 62.0 cm³/mol. The van der Waals surface area contributed by atoms with Crippen LogP contribution in [0.5, 0.6) is 0 Å². The van der Waals surface area contributed by atoms with Crippen molar-refractivity contribution >= 4 is 22.6 Å². The third kappa shape index (κ3) is 2.55. The lowest BCUT2D eigenvalue weighted by atomic mass is 10.3. The molecule has 2 rings (SSSR count). The van der Waals surface area contributed by atoms with Gasteiger partial charge in [0.15, 0.2) is 0 Å². The molecule has 1 fully saturated rings. The maximum Gasteiger partial charge on any atom is 0.233 e. The van der Waals surface area contributed by atoms with Crippen molar-refractivity contribution in [2.45, 2.75) is 0 Å². The molecule has 1 saturated heterocycles. The Morgan fingerprint density at radius 3 is 2.53 bits per heavy atom. The lowest BCUT2D eigenvalue weighted by molar-refractivity contribution is 0.265. The van der Waals surface area contributed by atoms with Crippen molar-refractivity contribution < 1.29 is 0 Å². The van der Waals surface area contributed by atoms with E-state index < -0.39 is 0 Å². The second kappa shape index (κ2) is 4.73. The topological polar surface area (TPSA) is 84.3 Å². The third-order valence-corrected chi connectivity index (χ3v) is 3.31. The molecule has 1 aromatic rings. The summed E-state index contributed by atoms with van der Waals surface area (Å²) in [6, 6.07) is 0. The summed E-state index contributed by atoms with van der Waals surface area (Å²) in [5.74, 6) is 0.374. The van der Waals surface area contributed by atoms with E-state index in [9.17, 15) is 0 Å². The third-order valence-electron chi connectivity index (χ3n) is 2.52. The molecule has 0 radical (unpaired) electrons. The number of nitrogens with two attached hydrogens (primary N) is 2. The van der Waals surface area contributed by atoms with Gasteiger partial charge in [0.05, 0.1) is 0 Å². The molecule has 0 bridgehead atoms. The van der Waals surface area contributed by atoms with Gasteiger partial charge in [0.1, 0.15) is 0 Å². The Bertz CT molecular complexity index is 306. The standard InChI is InChI=1S/C8H16N6S/c9-1-2-13-3-5-14(6-4-13)8-11-7(10)12-15-8/h1-6,9H2,(H2,10,12). The summed E-state index contributed by atoms with van der Waals surface area (Å²) in [7, 11) is 0. The maximum atomic E-state index is 5.52. The van der Waals surface area contributed by atoms with Crippen LogP contribution in [0.4, 0.5) is 11.1 Å². The first kappa shape index (κ1) is 10.6. The number of nitrogens with zero attached hydrogens (tertiary/aromatic N) is 4. The zero-order chi connectivity index (χ0) is 10.7. The normalized spacial score (nSPS) is 18.3. The molecule has 0 aliphatic carbocycles. The monoisotopic (exact) mass is 228 g/mol. The van der Waals surface area contributed by atoms with E-state index in [1.54, 1.807) is 0 Å². The van der Waals surface area contributed by atoms with Gasteiger partial charge in [-0.3, -0.25) is 4.90 Å². The smallest absolute Gasteiger partial charge is 0.233 e. The van der Waals surface area contributed by atoms with Crippen molar-refractivity contribution in [3.05, 3.63) is 0 Å². The molecular formula is C8H16N6S. The first-order valence-electron chi connectivity index (χ1n) is 5.06. The van der Waals surface area contributed by atoms with E-state index in [0.717, 1.165) is 44.4 Å². The van der Waals surface area contributed by atoms with Gasteiger partial charge in [-0.05, 0) is 0 Å². The summed E-state index contributed by atoms with van der Waals surface area (Å²) < 4.78 is 3.98. The lowest BCUT2D eigenvalue weighted by Gasteiger charge is -2.33. The second-order valence-corrected chi connectivity index (χ2v) is 4.28. The molecule has 2 heterocycles. The Morgan fingerprint density at radius 2 is 2.00 bits per heavy atom. The van der Waals surface area contributed by atoms with Gasteiger partial charge in [0.2, 0.25) is 11.1 Å². The Hall–Kier alpha value is -0.920. The quantitative estimate of drug-likeness (QED) is 0.704. The van der Waals surface area contributed by atoms with Crippen molar-refractivity contribution in [2.24, 2.45) is 5.73 Å². The van der Waals surface area contributed by atoms with Gasteiger partial charge in [0, 0.05) is 50.8 Å². The highest BCUT2D eigenvalue weighted by Crippen LogP contribution is 2.19. The zero-order valence-electron chi connectivity index (χ0n) is 8.59. The van der Waals surface area contributed by atoms with Crippen LogP contribution < -0.4 is 16.4 Å². The highest BCUT2D eigenvalue weighted by molar-refractivity contribution is 7.09. The van der Waals surface area contributed by atoms with Gasteiger partial charge < -0.3 is 16.4 Å². The van der Waals surface area contributed by atoms with Crippen LogP contribution in [0.2, 0.25) is 0 Å². The highest BCUT2D eigenvalue weighted by atomic mass is 32.1. The fourth-order valence-corrected chi connectivity index (χ4v) is 2.35. The van der Waals surface area contributed by atoms with Gasteiger partial charge in [0.25, 0.3) is 0 Å². The largest absolute Gasteiger partial charge is 0.367 e. The molecule has 1 aliphatic heterocycles. The van der Waals surface area contributed by atoms with Crippen LogP contribution in [0.3, 0.4) is 0 Å². The lowest BCUT2D eigenvalue weighted by Crippen LogP contribution is -2.47. The first-order chi connectivity index (χ1) is 7.29. The summed E-state index contributed by atoms with van der Waals surface area (Å²) in [6.07, 6.45) is 0. The fourth-order valence-electron chi connectivity index (χ4n) is 1.70. The molecule has 0 amide bonds. The van der Waals surface area contributed by atoms with Crippen LogP contribution in [-0.4, -0.2) is 53.5 Å². The van der Waals surface area contributed by atoms with E-state index >= 15 is 0 Å². The number of rotatable bonds is 3. The molecule has 1 aliphatic rings. The number of anilines is 2. The number of hydrogen-bond acceptors (Lipinski definition) is 7. The van der Waals surface area contributed by atoms with Gasteiger partial charge in [-0.25, -0.2) is 0 Å². The van der Waals surface area contributed by atoms with E-state index in [1.165, 1.54) is 11.5 Å². The molecule has 0 saturated carbocycles. The minimum absolute atomic E-state index is 0.374. The average Bonchev–Trinajstić information content (AvgIpc) is 2.67. The number of piperazine rings is 1. The van der Waals surface area contributed by atoms with Crippen molar-refractivity contribution in [3.63, 3.8) is 0 Å². The van der Waals surface area contributed by atoms with E-state index in [2.05, 4.69) is 19.2 Å². The SMILES string of the molecule is NCCN1CCN(c2nc(N)ns2)CC1. The molecule has 1 aromatic heterocycles. The Labute approximate surface area is 93.0 Å². The minimum atomic E-state index is 0.374. The molecule has 84 valence electrons. The fraction of sp³-hybridized carbons (Fsp3) is 0.750. The van der Waals surface area contributed by atoms with E-state index in [1.807, 2.05) is 0 Å². The molecule has 0 atom stereocenters. The number of nitrogen functional groups attached to an aromatic ring is 1. The number of hydrogen-bond donors (Lipinski definition) is 2. The zero-order valence-corrected chi connectivity index (χ0v) is 9.41. The van der Waals surface area contributed by atoms with Crippen molar-refractivity contribution in [2.75, 3.05) is 49.9 Å². The van der Waals surface area contributed by atoms with Crippen LogP contribution in [0, 0.1) is 0 Å². The van der Waals surface area contributed by atoms with Crippen LogP contribution in [0.1, 0.15) is 0 Å². The van der Waals surface area contributed by atoms with E-state index in [4.69, 9.17) is 11.5 Å². The molecule has 0 spiro atoms. The summed E-state index contributed by atoms with van der Waals surface area (Å²) in [5, 5.41) is 0.930. The summed E-state index contributed by atoms with van der Waals surface area (Å²) >= 11 is 1.37. The Balaban J connectivity index is 1.88. The molecule has 6 nitrogen and oxygen atoms in total. The van der Waals surface area contributed by atoms with Gasteiger partial charge in [-0.1, -0.05) is 0 Å². The molecule has 7 heteroatoms. The van der Waals surface area contributed by atoms with Crippen molar-refractivity contribution in [3.8, 4) is 0 Å². The van der Waals surface area contributed by atoms with Crippen molar-refractivity contribution in [1.82, 2.24) is 14.3 Å². The molecule has 4 N–H and O–H groups in total. The van der Waals surface area contributed by atoms with Crippen LogP contribution >= 0.6 is 11.5 Å². The molecule has 0 aromatic carbocycles. The highest BCUT2D eigenvalue weighted by Gasteiger charge is 2.18. The predicted octanol–water partition coefficient (Wildman–Crippen LogP) is -0.799. The second-order valence-electron chi connectivity index (χ2n) is 3.55. The van der Waals surface area contributed by atoms with Crippen molar-refractivity contribution in [1.29, 1.82) is 0 Å². The Kier molecular flexibility index (Phi) is 3.34. The van der Waals surface area contributed by atoms with Crippen LogP contribution in [-0.2, 0) is 0 Å². The van der Waals surface area contributed by atoms with Gasteiger partial charge >= 0.3 is 0 Å². The molecule has 15 heavy (non-hydrogen) atoms. The summed E-state index contributed by atoms with van der Waals surface area (Å²) in [5.41, 5.74) is 11.0. The van der Waals surface area contributed by atoms with Gasteiger partial charge in [-0.2, -0.15) is 9.36 Å². The minimum Gasteiger partial charge on any atom is -0.367 e. The van der Waals surface area contributed by atoms with Crippen LogP contribution in [0.15, 0.2) is 0 Å². The van der Waals surface area contributed by atoms with Crippen LogP contribution in [0.25, 0.3) is 0 Å². The molecule has 0 unspecified atom stereocenters. The number of aromatic nitrogens is 2. The summed E-state index contributed by atoms with van der Waals surface area (Å²) in [6.45, 7) is 5.74.